The van der Waals surface area contributed by atoms with Gasteiger partial charge in [0.2, 0.25) is 0 Å². The van der Waals surface area contributed by atoms with Gasteiger partial charge in [0.05, 0.1) is 13.2 Å². The molecule has 3 rings (SSSR count). The Balaban J connectivity index is 1.91. The number of hydrogen-bond acceptors (Lipinski definition) is 2. The van der Waals surface area contributed by atoms with E-state index < -0.39 is 0 Å². The van der Waals surface area contributed by atoms with Gasteiger partial charge < -0.3 is 9.84 Å². The van der Waals surface area contributed by atoms with Crippen LogP contribution < -0.4 is 4.74 Å². The van der Waals surface area contributed by atoms with Gasteiger partial charge in [0.1, 0.15) is 5.75 Å². The molecular weight excluding hydrogens is 212 g/mol. The molecule has 0 aliphatic heterocycles. The van der Waals surface area contributed by atoms with Crippen molar-refractivity contribution in [1.82, 2.24) is 0 Å². The maximum atomic E-state index is 9.76. The Morgan fingerprint density at radius 3 is 2.94 bits per heavy atom. The van der Waals surface area contributed by atoms with Gasteiger partial charge in [-0.25, -0.2) is 0 Å². The molecule has 0 heterocycles. The molecule has 0 bridgehead atoms. The Hall–Kier alpha value is -1.02. The molecule has 0 amide bonds. The summed E-state index contributed by atoms with van der Waals surface area (Å²) in [5, 5.41) is 9.76. The lowest BCUT2D eigenvalue weighted by molar-refractivity contribution is 0.0828. The molecule has 1 aromatic carbocycles. The van der Waals surface area contributed by atoms with Crippen LogP contribution in [0.5, 0.6) is 5.75 Å². The summed E-state index contributed by atoms with van der Waals surface area (Å²) in [5.74, 6) is 2.34. The number of ether oxygens (including phenoxy) is 1. The average molecular weight is 232 g/mol. The van der Waals surface area contributed by atoms with Gasteiger partial charge in [0, 0.05) is 0 Å². The van der Waals surface area contributed by atoms with Crippen molar-refractivity contribution in [2.75, 3.05) is 7.11 Å². The van der Waals surface area contributed by atoms with E-state index in [2.05, 4.69) is 18.2 Å². The maximum absolute atomic E-state index is 9.76. The summed E-state index contributed by atoms with van der Waals surface area (Å²) in [6.07, 6.45) is 5.41. The third kappa shape index (κ3) is 1.95. The molecule has 2 nitrogen and oxygen atoms in total. The van der Waals surface area contributed by atoms with Crippen molar-refractivity contribution < 1.29 is 9.84 Å². The number of rotatable bonds is 1. The Labute approximate surface area is 103 Å². The van der Waals surface area contributed by atoms with Crippen molar-refractivity contribution >= 4 is 0 Å². The van der Waals surface area contributed by atoms with E-state index in [1.807, 2.05) is 0 Å². The third-order valence-corrected chi connectivity index (χ3v) is 4.49. The van der Waals surface area contributed by atoms with Crippen LogP contribution in [0, 0.1) is 5.92 Å². The summed E-state index contributed by atoms with van der Waals surface area (Å²) in [6.45, 7) is 0. The van der Waals surface area contributed by atoms with Crippen molar-refractivity contribution in [3.8, 4) is 5.75 Å². The minimum absolute atomic E-state index is 0.0592. The summed E-state index contributed by atoms with van der Waals surface area (Å²) in [5.41, 5.74) is 2.97. The van der Waals surface area contributed by atoms with Crippen LogP contribution in [-0.4, -0.2) is 18.3 Å². The van der Waals surface area contributed by atoms with Gasteiger partial charge in [-0.15, -0.1) is 0 Å². The van der Waals surface area contributed by atoms with Gasteiger partial charge in [0.25, 0.3) is 0 Å². The smallest absolute Gasteiger partial charge is 0.119 e. The van der Waals surface area contributed by atoms with Crippen molar-refractivity contribution in [2.24, 2.45) is 5.92 Å². The van der Waals surface area contributed by atoms with Crippen LogP contribution in [-0.2, 0) is 6.42 Å². The van der Waals surface area contributed by atoms with Crippen LogP contribution in [0.1, 0.15) is 42.7 Å². The third-order valence-electron chi connectivity index (χ3n) is 4.49. The number of benzene rings is 1. The van der Waals surface area contributed by atoms with Gasteiger partial charge >= 0.3 is 0 Å². The summed E-state index contributed by atoms with van der Waals surface area (Å²) >= 11 is 0. The van der Waals surface area contributed by atoms with Crippen LogP contribution in [0.4, 0.5) is 0 Å². The quantitative estimate of drug-likeness (QED) is 0.806. The van der Waals surface area contributed by atoms with Gasteiger partial charge in [-0.2, -0.15) is 0 Å². The fraction of sp³-hybridized carbons (Fsp3) is 0.600. The van der Waals surface area contributed by atoms with E-state index in [1.165, 1.54) is 17.5 Å². The number of hydrogen-bond donors (Lipinski definition) is 1. The highest BCUT2D eigenvalue weighted by molar-refractivity contribution is 5.40. The maximum Gasteiger partial charge on any atom is 0.119 e. The summed E-state index contributed by atoms with van der Waals surface area (Å²) < 4.78 is 5.29. The van der Waals surface area contributed by atoms with Crippen molar-refractivity contribution in [3.63, 3.8) is 0 Å². The van der Waals surface area contributed by atoms with E-state index in [-0.39, 0.29) is 6.10 Å². The lowest BCUT2D eigenvalue weighted by Crippen LogP contribution is -2.30. The van der Waals surface area contributed by atoms with E-state index in [0.717, 1.165) is 31.4 Å². The molecule has 17 heavy (non-hydrogen) atoms. The molecule has 3 atom stereocenters. The molecule has 0 aromatic heterocycles. The van der Waals surface area contributed by atoms with Gasteiger partial charge in [-0.05, 0) is 67.2 Å². The molecule has 2 aliphatic carbocycles. The second kappa shape index (κ2) is 4.34. The molecule has 1 aromatic rings. The summed E-state index contributed by atoms with van der Waals surface area (Å²) in [6, 6.07) is 6.51. The molecule has 2 heteroatoms. The Bertz CT molecular complexity index is 413. The van der Waals surface area contributed by atoms with E-state index in [4.69, 9.17) is 4.74 Å². The monoisotopic (exact) mass is 232 g/mol. The number of fused-ring (bicyclic) bond motifs is 3. The van der Waals surface area contributed by atoms with Crippen LogP contribution in [0.2, 0.25) is 0 Å². The SMILES string of the molecule is COc1ccc2c(c1)CCC1C[C@@H](O)CCC21. The van der Waals surface area contributed by atoms with Gasteiger partial charge in [0.15, 0.2) is 0 Å². The molecule has 0 radical (unpaired) electrons. The first-order chi connectivity index (χ1) is 8.28. The number of aryl methyl sites for hydroxylation is 1. The lowest BCUT2D eigenvalue weighted by atomic mass is 9.67. The molecule has 2 aliphatic rings. The highest BCUT2D eigenvalue weighted by Crippen LogP contribution is 2.45. The second-order valence-electron chi connectivity index (χ2n) is 5.44. The van der Waals surface area contributed by atoms with Crippen molar-refractivity contribution in [2.45, 2.75) is 44.1 Å². The second-order valence-corrected chi connectivity index (χ2v) is 5.44. The molecule has 0 spiro atoms. The lowest BCUT2D eigenvalue weighted by Gasteiger charge is -2.39. The average Bonchev–Trinajstić information content (AvgIpc) is 2.37. The minimum atomic E-state index is -0.0592. The van der Waals surface area contributed by atoms with Crippen molar-refractivity contribution in [1.29, 1.82) is 0 Å². The highest BCUT2D eigenvalue weighted by atomic mass is 16.5. The molecule has 1 fully saturated rings. The predicted molar refractivity (Wildman–Crippen MR) is 67.4 cm³/mol. The number of aliphatic hydroxyl groups is 1. The van der Waals surface area contributed by atoms with Crippen LogP contribution >= 0.6 is 0 Å². The zero-order chi connectivity index (χ0) is 11.8. The normalized spacial score (nSPS) is 31.5. The largest absolute Gasteiger partial charge is 0.497 e. The van der Waals surface area contributed by atoms with E-state index in [1.54, 1.807) is 7.11 Å². The van der Waals surface area contributed by atoms with Gasteiger partial charge in [-0.3, -0.25) is 0 Å². The van der Waals surface area contributed by atoms with E-state index in [9.17, 15) is 5.11 Å². The van der Waals surface area contributed by atoms with E-state index >= 15 is 0 Å². The highest BCUT2D eigenvalue weighted by Gasteiger charge is 2.34. The number of methoxy groups -OCH3 is 1. The van der Waals surface area contributed by atoms with Crippen LogP contribution in [0.15, 0.2) is 18.2 Å². The zero-order valence-corrected chi connectivity index (χ0v) is 10.4. The number of aliphatic hydroxyl groups excluding tert-OH is 1. The topological polar surface area (TPSA) is 29.5 Å². The molecule has 1 saturated carbocycles. The fourth-order valence-corrected chi connectivity index (χ4v) is 3.60. The molecule has 2 unspecified atom stereocenters. The first-order valence-corrected chi connectivity index (χ1v) is 6.63. The minimum Gasteiger partial charge on any atom is -0.497 e. The first-order valence-electron chi connectivity index (χ1n) is 6.63. The summed E-state index contributed by atoms with van der Waals surface area (Å²) in [4.78, 5) is 0. The fourth-order valence-electron chi connectivity index (χ4n) is 3.60. The summed E-state index contributed by atoms with van der Waals surface area (Å²) in [7, 11) is 1.73. The Morgan fingerprint density at radius 1 is 1.24 bits per heavy atom. The molecule has 0 saturated heterocycles. The molecule has 1 N–H and O–H groups in total. The van der Waals surface area contributed by atoms with Gasteiger partial charge in [-0.1, -0.05) is 6.07 Å². The first kappa shape index (κ1) is 11.1. The molecular formula is C15H20O2. The predicted octanol–water partition coefficient (Wildman–Crippen LogP) is 2.89. The zero-order valence-electron chi connectivity index (χ0n) is 10.4. The van der Waals surface area contributed by atoms with E-state index in [0.29, 0.717) is 11.8 Å². The van der Waals surface area contributed by atoms with Crippen LogP contribution in [0.25, 0.3) is 0 Å². The van der Waals surface area contributed by atoms with Crippen molar-refractivity contribution in [3.05, 3.63) is 29.3 Å². The standard InChI is InChI=1S/C15H20O2/c1-17-13-5-7-15-11(9-13)3-2-10-8-12(16)4-6-14(10)15/h5,7,9-10,12,14,16H,2-4,6,8H2,1H3/t10?,12-,14?/m0/s1. The Morgan fingerprint density at radius 2 is 2.12 bits per heavy atom. The Kier molecular flexibility index (Phi) is 2.83. The molecule has 92 valence electrons. The van der Waals surface area contributed by atoms with Crippen LogP contribution in [0.3, 0.4) is 0 Å².